The summed E-state index contributed by atoms with van der Waals surface area (Å²) in [6.45, 7) is 3.36. The number of amides is 1. The maximum atomic E-state index is 13.7. The Bertz CT molecular complexity index is 1210. The molecule has 1 aromatic carbocycles. The number of ether oxygens (including phenoxy) is 2. The summed E-state index contributed by atoms with van der Waals surface area (Å²) in [4.78, 5) is 51.1. The summed E-state index contributed by atoms with van der Waals surface area (Å²) in [7, 11) is 1.28. The zero-order valence-electron chi connectivity index (χ0n) is 20.1. The Balaban J connectivity index is 1.12. The molecule has 4 aliphatic rings. The number of nitrogens with zero attached hydrogens (tertiary/aromatic N) is 4. The first kappa shape index (κ1) is 22.8. The van der Waals surface area contributed by atoms with Gasteiger partial charge in [0.1, 0.15) is 5.82 Å². The van der Waals surface area contributed by atoms with Gasteiger partial charge in [-0.15, -0.1) is 5.06 Å². The lowest BCUT2D eigenvalue weighted by Crippen LogP contribution is -2.47. The van der Waals surface area contributed by atoms with Gasteiger partial charge in [0, 0.05) is 37.8 Å². The number of esters is 1. The van der Waals surface area contributed by atoms with Gasteiger partial charge in [0.25, 0.3) is 0 Å². The van der Waals surface area contributed by atoms with Crippen LogP contribution in [0.25, 0.3) is 0 Å². The first-order chi connectivity index (χ1) is 17.4. The largest absolute Gasteiger partial charge is 0.527 e. The predicted molar refractivity (Wildman–Crippen MR) is 127 cm³/mol. The molecule has 2 saturated heterocycles. The third-order valence-electron chi connectivity index (χ3n) is 7.84. The van der Waals surface area contributed by atoms with E-state index in [1.165, 1.54) is 7.11 Å². The van der Waals surface area contributed by atoms with Crippen molar-refractivity contribution in [2.45, 2.75) is 30.3 Å². The second kappa shape index (κ2) is 8.48. The molecule has 6 rings (SSSR count). The van der Waals surface area contributed by atoms with Gasteiger partial charge in [-0.2, -0.15) is 0 Å². The zero-order valence-corrected chi connectivity index (χ0v) is 20.1. The number of fused-ring (bicyclic) bond motifs is 2. The van der Waals surface area contributed by atoms with Gasteiger partial charge in [-0.05, 0) is 30.5 Å². The lowest BCUT2D eigenvalue weighted by Gasteiger charge is -2.33. The third-order valence-corrected chi connectivity index (χ3v) is 7.84. The van der Waals surface area contributed by atoms with Crippen LogP contribution in [0, 0.1) is 0 Å². The van der Waals surface area contributed by atoms with Gasteiger partial charge in [0.15, 0.2) is 5.60 Å². The number of methoxy groups -OCH3 is 1. The molecule has 4 heterocycles. The molecule has 188 valence electrons. The fraction of sp³-hybridized carbons (Fsp3) is 0.462. The SMILES string of the molecule is COC(=O)ON1CCN(c2ccc(C3(C(=O)N4CCC5(C4)OC(=O)c4ccccc45)CC3)cn2)CC1. The van der Waals surface area contributed by atoms with E-state index in [1.54, 1.807) is 11.1 Å². The quantitative estimate of drug-likeness (QED) is 0.595. The summed E-state index contributed by atoms with van der Waals surface area (Å²) in [5.41, 5.74) is 1.13. The number of aromatic nitrogens is 1. The molecule has 1 aliphatic carbocycles. The minimum atomic E-state index is -0.735. The molecule has 2 aromatic rings. The summed E-state index contributed by atoms with van der Waals surface area (Å²) in [6.07, 6.45) is 3.28. The van der Waals surface area contributed by atoms with Gasteiger partial charge < -0.3 is 24.1 Å². The molecule has 1 amide bonds. The van der Waals surface area contributed by atoms with Gasteiger partial charge in [-0.25, -0.2) is 14.6 Å². The van der Waals surface area contributed by atoms with Gasteiger partial charge in [0.2, 0.25) is 5.91 Å². The predicted octanol–water partition coefficient (Wildman–Crippen LogP) is 2.23. The van der Waals surface area contributed by atoms with Crippen LogP contribution in [0.1, 0.15) is 40.7 Å². The van der Waals surface area contributed by atoms with E-state index < -0.39 is 17.2 Å². The van der Waals surface area contributed by atoms with Crippen LogP contribution in [0.4, 0.5) is 10.6 Å². The molecule has 1 saturated carbocycles. The monoisotopic (exact) mass is 492 g/mol. The lowest BCUT2D eigenvalue weighted by molar-refractivity contribution is -0.134. The lowest BCUT2D eigenvalue weighted by atomic mass is 9.91. The molecule has 3 aliphatic heterocycles. The van der Waals surface area contributed by atoms with Crippen LogP contribution < -0.4 is 4.90 Å². The summed E-state index contributed by atoms with van der Waals surface area (Å²) < 4.78 is 10.4. The molecule has 36 heavy (non-hydrogen) atoms. The van der Waals surface area contributed by atoms with Gasteiger partial charge in [0.05, 0.1) is 37.7 Å². The Morgan fingerprint density at radius 2 is 1.78 bits per heavy atom. The second-order valence-electron chi connectivity index (χ2n) is 9.85. The van der Waals surface area contributed by atoms with Crippen molar-refractivity contribution in [1.29, 1.82) is 0 Å². The average molecular weight is 493 g/mol. The zero-order chi connectivity index (χ0) is 24.9. The van der Waals surface area contributed by atoms with Crippen molar-refractivity contribution in [3.05, 3.63) is 59.3 Å². The van der Waals surface area contributed by atoms with Crippen LogP contribution in [-0.2, 0) is 30.1 Å². The molecule has 1 unspecified atom stereocenters. The third kappa shape index (κ3) is 3.67. The summed E-state index contributed by atoms with van der Waals surface area (Å²) in [6, 6.07) is 11.4. The number of benzene rings is 1. The van der Waals surface area contributed by atoms with E-state index in [9.17, 15) is 14.4 Å². The van der Waals surface area contributed by atoms with Crippen molar-refractivity contribution in [3.8, 4) is 0 Å². The highest BCUT2D eigenvalue weighted by Gasteiger charge is 2.57. The van der Waals surface area contributed by atoms with Crippen LogP contribution in [0.5, 0.6) is 0 Å². The van der Waals surface area contributed by atoms with Crippen LogP contribution in [0.3, 0.4) is 0 Å². The smallest absolute Gasteiger partial charge is 0.449 e. The summed E-state index contributed by atoms with van der Waals surface area (Å²) in [5, 5.41) is 1.58. The number of rotatable bonds is 4. The summed E-state index contributed by atoms with van der Waals surface area (Å²) in [5.74, 6) is 0.607. The number of hydrogen-bond donors (Lipinski definition) is 0. The number of piperazine rings is 1. The number of carbonyl (C=O) groups is 3. The standard InChI is InChI=1S/C26H28N4O6/c1-34-24(33)36-30-14-12-28(13-15-30)21-7-6-18(16-27-21)25(8-9-25)23(32)29-11-10-26(17-29)20-5-3-2-4-19(20)22(31)35-26/h2-7,16H,8-15,17H2,1H3. The molecule has 10 nitrogen and oxygen atoms in total. The normalized spacial score (nSPS) is 24.4. The topological polar surface area (TPSA) is 102 Å². The Labute approximate surface area is 208 Å². The molecule has 10 heteroatoms. The van der Waals surface area contributed by atoms with Gasteiger partial charge >= 0.3 is 12.1 Å². The maximum absolute atomic E-state index is 13.7. The fourth-order valence-corrected chi connectivity index (χ4v) is 5.67. The van der Waals surface area contributed by atoms with Crippen molar-refractivity contribution >= 4 is 23.8 Å². The number of hydroxylamine groups is 2. The molecule has 0 bridgehead atoms. The Morgan fingerprint density at radius 1 is 1.00 bits per heavy atom. The van der Waals surface area contributed by atoms with Crippen molar-refractivity contribution in [2.75, 3.05) is 51.3 Å². The number of carbonyl (C=O) groups excluding carboxylic acids is 3. The highest BCUT2D eigenvalue weighted by atomic mass is 16.8. The molecular formula is C26H28N4O6. The highest BCUT2D eigenvalue weighted by molar-refractivity contribution is 5.96. The van der Waals surface area contributed by atoms with E-state index in [4.69, 9.17) is 9.57 Å². The van der Waals surface area contributed by atoms with Crippen LogP contribution in [0.2, 0.25) is 0 Å². The van der Waals surface area contributed by atoms with E-state index >= 15 is 0 Å². The maximum Gasteiger partial charge on any atom is 0.527 e. The van der Waals surface area contributed by atoms with E-state index in [0.29, 0.717) is 51.3 Å². The van der Waals surface area contributed by atoms with Crippen LogP contribution in [0.15, 0.2) is 42.6 Å². The minimum Gasteiger partial charge on any atom is -0.449 e. The second-order valence-corrected chi connectivity index (χ2v) is 9.85. The fourth-order valence-electron chi connectivity index (χ4n) is 5.67. The number of pyridine rings is 1. The minimum absolute atomic E-state index is 0.0860. The van der Waals surface area contributed by atoms with Crippen LogP contribution >= 0.6 is 0 Å². The van der Waals surface area contributed by atoms with Crippen LogP contribution in [-0.4, -0.2) is 79.4 Å². The van der Waals surface area contributed by atoms with E-state index in [1.807, 2.05) is 41.4 Å². The summed E-state index contributed by atoms with van der Waals surface area (Å²) >= 11 is 0. The van der Waals surface area contributed by atoms with Crippen molar-refractivity contribution < 1.29 is 28.7 Å². The van der Waals surface area contributed by atoms with Crippen molar-refractivity contribution in [1.82, 2.24) is 14.9 Å². The van der Waals surface area contributed by atoms with E-state index in [-0.39, 0.29) is 11.9 Å². The average Bonchev–Trinajstić information content (AvgIpc) is 3.55. The van der Waals surface area contributed by atoms with Crippen molar-refractivity contribution in [3.63, 3.8) is 0 Å². The first-order valence-corrected chi connectivity index (χ1v) is 12.3. The number of anilines is 1. The molecular weight excluding hydrogens is 464 g/mol. The van der Waals surface area contributed by atoms with E-state index in [0.717, 1.165) is 29.8 Å². The molecule has 1 atom stereocenters. The highest BCUT2D eigenvalue weighted by Crippen LogP contribution is 2.52. The molecule has 0 radical (unpaired) electrons. The number of hydrogen-bond acceptors (Lipinski definition) is 9. The van der Waals surface area contributed by atoms with Crippen molar-refractivity contribution in [2.24, 2.45) is 0 Å². The first-order valence-electron chi connectivity index (χ1n) is 12.3. The van der Waals surface area contributed by atoms with Gasteiger partial charge in [-0.1, -0.05) is 24.3 Å². The molecule has 0 N–H and O–H groups in total. The Hall–Kier alpha value is -3.66. The van der Waals surface area contributed by atoms with Gasteiger partial charge in [-0.3, -0.25) is 4.79 Å². The molecule has 1 aromatic heterocycles. The molecule has 1 spiro atoms. The Morgan fingerprint density at radius 3 is 2.47 bits per heavy atom. The number of likely N-dealkylation sites (tertiary alicyclic amines) is 1. The van der Waals surface area contributed by atoms with E-state index in [2.05, 4.69) is 14.6 Å². The molecule has 3 fully saturated rings. The Kier molecular flexibility index (Phi) is 5.36.